The van der Waals surface area contributed by atoms with E-state index in [-0.39, 0.29) is 5.76 Å². The number of carbonyl (C=O) groups is 2. The maximum absolute atomic E-state index is 11.0. The Balaban J connectivity index is 2.17. The van der Waals surface area contributed by atoms with Crippen LogP contribution in [0.4, 0.5) is 0 Å². The third kappa shape index (κ3) is 3.14. The number of carboxylic acid groups (broad SMARTS) is 1. The van der Waals surface area contributed by atoms with Crippen molar-refractivity contribution < 1.29 is 23.8 Å². The van der Waals surface area contributed by atoms with Crippen molar-refractivity contribution in [3.05, 3.63) is 53.8 Å². The summed E-state index contributed by atoms with van der Waals surface area (Å²) in [5.41, 5.74) is 1.58. The molecule has 1 N–H and O–H groups in total. The third-order valence-electron chi connectivity index (χ3n) is 2.63. The van der Waals surface area contributed by atoms with Crippen molar-refractivity contribution in [2.24, 2.45) is 0 Å². The summed E-state index contributed by atoms with van der Waals surface area (Å²) < 4.78 is 9.69. The molecule has 2 aromatic rings. The quantitative estimate of drug-likeness (QED) is 0.684. The molecule has 0 amide bonds. The molecule has 0 saturated heterocycles. The molecule has 1 aromatic heterocycles. The lowest BCUT2D eigenvalue weighted by Gasteiger charge is -1.98. The molecule has 2 rings (SSSR count). The predicted octanol–water partition coefficient (Wildman–Crippen LogP) is 2.83. The van der Waals surface area contributed by atoms with Gasteiger partial charge in [0.1, 0.15) is 5.76 Å². The molecular weight excluding hydrogens is 260 g/mol. The van der Waals surface area contributed by atoms with Gasteiger partial charge in [0.25, 0.3) is 0 Å². The van der Waals surface area contributed by atoms with E-state index in [1.807, 2.05) is 0 Å². The van der Waals surface area contributed by atoms with E-state index in [0.717, 1.165) is 11.1 Å². The minimum absolute atomic E-state index is 0.102. The minimum Gasteiger partial charge on any atom is -0.475 e. The van der Waals surface area contributed by atoms with Crippen LogP contribution in [-0.2, 0) is 9.53 Å². The summed E-state index contributed by atoms with van der Waals surface area (Å²) in [5.74, 6) is -1.15. The van der Waals surface area contributed by atoms with Crippen LogP contribution in [0.1, 0.15) is 16.1 Å². The summed E-state index contributed by atoms with van der Waals surface area (Å²) >= 11 is 0. The van der Waals surface area contributed by atoms with Gasteiger partial charge >= 0.3 is 11.9 Å². The van der Waals surface area contributed by atoms with Gasteiger partial charge in [-0.15, -0.1) is 0 Å². The Labute approximate surface area is 115 Å². The zero-order chi connectivity index (χ0) is 14.5. The Bertz CT molecular complexity index is 649. The smallest absolute Gasteiger partial charge is 0.371 e. The van der Waals surface area contributed by atoms with Crippen molar-refractivity contribution in [2.75, 3.05) is 7.11 Å². The van der Waals surface area contributed by atoms with Crippen LogP contribution in [-0.4, -0.2) is 24.2 Å². The number of esters is 1. The van der Waals surface area contributed by atoms with Gasteiger partial charge in [0.15, 0.2) is 0 Å². The summed E-state index contributed by atoms with van der Waals surface area (Å²) in [6.45, 7) is 0. The highest BCUT2D eigenvalue weighted by Gasteiger charge is 2.09. The highest BCUT2D eigenvalue weighted by atomic mass is 16.5. The van der Waals surface area contributed by atoms with Crippen molar-refractivity contribution >= 4 is 18.0 Å². The van der Waals surface area contributed by atoms with Crippen molar-refractivity contribution in [3.63, 3.8) is 0 Å². The molecule has 0 spiro atoms. The van der Waals surface area contributed by atoms with Gasteiger partial charge < -0.3 is 14.3 Å². The molecule has 0 saturated carbocycles. The van der Waals surface area contributed by atoms with Crippen LogP contribution in [0.3, 0.4) is 0 Å². The molecule has 5 heteroatoms. The minimum atomic E-state index is -1.10. The number of rotatable bonds is 4. The molecular formula is C15H12O5. The number of methoxy groups -OCH3 is 1. The predicted molar refractivity (Wildman–Crippen MR) is 72.2 cm³/mol. The van der Waals surface area contributed by atoms with E-state index in [9.17, 15) is 9.59 Å². The second-order valence-corrected chi connectivity index (χ2v) is 3.95. The third-order valence-corrected chi connectivity index (χ3v) is 2.63. The van der Waals surface area contributed by atoms with Crippen LogP contribution >= 0.6 is 0 Å². The molecule has 0 aliphatic rings. The number of aromatic carboxylic acids is 1. The molecule has 102 valence electrons. The van der Waals surface area contributed by atoms with Crippen LogP contribution in [0.2, 0.25) is 0 Å². The van der Waals surface area contributed by atoms with Crippen molar-refractivity contribution in [3.8, 4) is 11.3 Å². The van der Waals surface area contributed by atoms with E-state index in [2.05, 4.69) is 4.74 Å². The topological polar surface area (TPSA) is 76.7 Å². The van der Waals surface area contributed by atoms with Crippen molar-refractivity contribution in [2.45, 2.75) is 0 Å². The summed E-state index contributed by atoms with van der Waals surface area (Å²) in [6.07, 6.45) is 2.95. The van der Waals surface area contributed by atoms with Gasteiger partial charge in [-0.05, 0) is 23.8 Å². The fourth-order valence-corrected chi connectivity index (χ4v) is 1.60. The van der Waals surface area contributed by atoms with E-state index in [4.69, 9.17) is 9.52 Å². The molecule has 0 bridgehead atoms. The Hall–Kier alpha value is -2.82. The highest BCUT2D eigenvalue weighted by Crippen LogP contribution is 2.22. The molecule has 20 heavy (non-hydrogen) atoms. The highest BCUT2D eigenvalue weighted by molar-refractivity contribution is 5.87. The second kappa shape index (κ2) is 5.88. The summed E-state index contributed by atoms with van der Waals surface area (Å²) in [4.78, 5) is 21.7. The SMILES string of the molecule is COC(=O)C=Cc1ccc(-c2ccc(C(=O)O)o2)cc1. The van der Waals surface area contributed by atoms with Crippen molar-refractivity contribution in [1.82, 2.24) is 0 Å². The number of carbonyl (C=O) groups excluding carboxylic acids is 1. The molecule has 1 heterocycles. The lowest BCUT2D eigenvalue weighted by Crippen LogP contribution is -1.93. The first-order valence-corrected chi connectivity index (χ1v) is 5.80. The Morgan fingerprint density at radius 1 is 1.15 bits per heavy atom. The van der Waals surface area contributed by atoms with Crippen molar-refractivity contribution in [1.29, 1.82) is 0 Å². The zero-order valence-electron chi connectivity index (χ0n) is 10.7. The monoisotopic (exact) mass is 272 g/mol. The van der Waals surface area contributed by atoms with Crippen LogP contribution < -0.4 is 0 Å². The van der Waals surface area contributed by atoms with Gasteiger partial charge in [-0.3, -0.25) is 0 Å². The molecule has 0 aliphatic heterocycles. The average Bonchev–Trinajstić information content (AvgIpc) is 2.95. The standard InChI is InChI=1S/C15H12O5/c1-19-14(16)9-4-10-2-5-11(6-3-10)12-7-8-13(20-12)15(17)18/h2-9H,1H3,(H,17,18). The first-order chi connectivity index (χ1) is 9.60. The molecule has 5 nitrogen and oxygen atoms in total. The van der Waals surface area contributed by atoms with Gasteiger partial charge in [0.2, 0.25) is 5.76 Å². The van der Waals surface area contributed by atoms with Crippen LogP contribution in [0.25, 0.3) is 17.4 Å². The van der Waals surface area contributed by atoms with E-state index in [1.54, 1.807) is 36.4 Å². The lowest BCUT2D eigenvalue weighted by molar-refractivity contribution is -0.134. The Morgan fingerprint density at radius 3 is 2.40 bits per heavy atom. The van der Waals surface area contributed by atoms with E-state index >= 15 is 0 Å². The maximum Gasteiger partial charge on any atom is 0.371 e. The zero-order valence-corrected chi connectivity index (χ0v) is 10.7. The fraction of sp³-hybridized carbons (Fsp3) is 0.0667. The number of hydrogen-bond donors (Lipinski definition) is 1. The van der Waals surface area contributed by atoms with Gasteiger partial charge in [-0.2, -0.15) is 0 Å². The summed E-state index contributed by atoms with van der Waals surface area (Å²) in [7, 11) is 1.31. The molecule has 0 atom stereocenters. The number of hydrogen-bond acceptors (Lipinski definition) is 4. The molecule has 0 radical (unpaired) electrons. The maximum atomic E-state index is 11.0. The molecule has 0 unspecified atom stereocenters. The van der Waals surface area contributed by atoms with Gasteiger partial charge in [0, 0.05) is 11.6 Å². The second-order valence-electron chi connectivity index (χ2n) is 3.95. The van der Waals surface area contributed by atoms with Gasteiger partial charge in [0.05, 0.1) is 7.11 Å². The van der Waals surface area contributed by atoms with Crippen LogP contribution in [0.5, 0.6) is 0 Å². The Kier molecular flexibility index (Phi) is 4.00. The number of benzene rings is 1. The first-order valence-electron chi connectivity index (χ1n) is 5.80. The van der Waals surface area contributed by atoms with Gasteiger partial charge in [-0.1, -0.05) is 24.3 Å². The average molecular weight is 272 g/mol. The number of furan rings is 1. The number of carboxylic acids is 1. The van der Waals surface area contributed by atoms with E-state index in [0.29, 0.717) is 5.76 Å². The first kappa shape index (κ1) is 13.6. The van der Waals surface area contributed by atoms with Crippen LogP contribution in [0, 0.1) is 0 Å². The van der Waals surface area contributed by atoms with Gasteiger partial charge in [-0.25, -0.2) is 9.59 Å². The normalized spacial score (nSPS) is 10.7. The molecule has 1 aromatic carbocycles. The largest absolute Gasteiger partial charge is 0.475 e. The molecule has 0 fully saturated rings. The summed E-state index contributed by atoms with van der Waals surface area (Å²) in [6, 6.07) is 10.1. The molecule has 0 aliphatic carbocycles. The fourth-order valence-electron chi connectivity index (χ4n) is 1.60. The Morgan fingerprint density at radius 2 is 1.85 bits per heavy atom. The number of ether oxygens (including phenoxy) is 1. The van der Waals surface area contributed by atoms with Crippen LogP contribution in [0.15, 0.2) is 46.9 Å². The van der Waals surface area contributed by atoms with E-state index in [1.165, 1.54) is 19.3 Å². The summed E-state index contributed by atoms with van der Waals surface area (Å²) in [5, 5.41) is 8.79. The lowest BCUT2D eigenvalue weighted by atomic mass is 10.1. The van der Waals surface area contributed by atoms with E-state index < -0.39 is 11.9 Å².